The van der Waals surface area contributed by atoms with Crippen LogP contribution in [0.4, 0.5) is 17.6 Å². The second-order valence-corrected chi connectivity index (χ2v) is 9.17. The average molecular weight is 454 g/mol. The van der Waals surface area contributed by atoms with Crippen LogP contribution in [-0.4, -0.2) is 0 Å². The number of rotatable bonds is 6. The average Bonchev–Trinajstić information content (AvgIpc) is 2.79. The molecular weight excluding hydrogens is 426 g/mol. The molecule has 0 radical (unpaired) electrons. The Hall–Kier alpha value is -2.87. The molecule has 3 aromatic carbocycles. The third kappa shape index (κ3) is 4.76. The zero-order valence-electron chi connectivity index (χ0n) is 18.7. The van der Waals surface area contributed by atoms with E-state index in [1.807, 2.05) is 0 Å². The van der Waals surface area contributed by atoms with E-state index in [9.17, 15) is 8.78 Å². The van der Waals surface area contributed by atoms with Crippen molar-refractivity contribution < 1.29 is 17.6 Å². The third-order valence-electron chi connectivity index (χ3n) is 7.03. The Morgan fingerprint density at radius 1 is 0.879 bits per heavy atom. The first-order valence-electron chi connectivity index (χ1n) is 11.7. The van der Waals surface area contributed by atoms with Gasteiger partial charge >= 0.3 is 0 Å². The molecule has 1 nitrogen and oxygen atoms in total. The highest BCUT2D eigenvalue weighted by atomic mass is 19.1. The maximum absolute atomic E-state index is 15.1. The molecular formula is C28H27F4N. The Morgan fingerprint density at radius 3 is 2.21 bits per heavy atom. The molecule has 1 aliphatic carbocycles. The van der Waals surface area contributed by atoms with Gasteiger partial charge in [0.1, 0.15) is 29.1 Å². The first-order valence-corrected chi connectivity index (χ1v) is 11.7. The van der Waals surface area contributed by atoms with Gasteiger partial charge in [0.05, 0.1) is 5.56 Å². The number of hydrogen-bond acceptors (Lipinski definition) is 1. The van der Waals surface area contributed by atoms with Crippen LogP contribution in [0.3, 0.4) is 0 Å². The zero-order chi connectivity index (χ0) is 23.5. The van der Waals surface area contributed by atoms with Crippen molar-refractivity contribution in [2.24, 2.45) is 5.92 Å². The number of fused-ring (bicyclic) bond motifs is 1. The fourth-order valence-corrected chi connectivity index (χ4v) is 5.16. The number of nitriles is 1. The smallest absolute Gasteiger partial charge is 0.151 e. The molecule has 0 saturated heterocycles. The van der Waals surface area contributed by atoms with Gasteiger partial charge in [-0.2, -0.15) is 5.26 Å². The predicted molar refractivity (Wildman–Crippen MR) is 123 cm³/mol. The van der Waals surface area contributed by atoms with E-state index in [-0.39, 0.29) is 27.8 Å². The van der Waals surface area contributed by atoms with Crippen molar-refractivity contribution in [3.8, 4) is 17.2 Å². The molecule has 172 valence electrons. The van der Waals surface area contributed by atoms with Gasteiger partial charge in [0, 0.05) is 5.39 Å². The van der Waals surface area contributed by atoms with Gasteiger partial charge in [0.25, 0.3) is 0 Å². The summed E-state index contributed by atoms with van der Waals surface area (Å²) in [6.07, 6.45) is 9.00. The molecule has 0 spiro atoms. The lowest BCUT2D eigenvalue weighted by Crippen LogP contribution is -2.14. The highest BCUT2D eigenvalue weighted by Crippen LogP contribution is 2.40. The number of halogens is 4. The van der Waals surface area contributed by atoms with E-state index in [1.54, 1.807) is 0 Å². The molecule has 33 heavy (non-hydrogen) atoms. The van der Waals surface area contributed by atoms with Crippen molar-refractivity contribution in [1.82, 2.24) is 0 Å². The molecule has 0 aliphatic heterocycles. The van der Waals surface area contributed by atoms with Crippen LogP contribution in [0, 0.1) is 40.5 Å². The summed E-state index contributed by atoms with van der Waals surface area (Å²) in [4.78, 5) is 0. The first kappa shape index (κ1) is 23.3. The molecule has 1 saturated carbocycles. The third-order valence-corrected chi connectivity index (χ3v) is 7.03. The first-order chi connectivity index (χ1) is 15.9. The summed E-state index contributed by atoms with van der Waals surface area (Å²) in [5.74, 6) is -2.47. The Balaban J connectivity index is 1.58. The number of nitrogens with zero attached hydrogens (tertiary/aromatic N) is 1. The lowest BCUT2D eigenvalue weighted by molar-refractivity contribution is 0.302. The van der Waals surface area contributed by atoms with Gasteiger partial charge in [0.15, 0.2) is 5.82 Å². The standard InChI is InChI=1S/C28H27F4N/c1-2-3-4-5-17-6-8-18(9-7-17)20-13-25(30)27(26(31)14-20)19-10-11-22-21(12-19)15-24(29)23(16-33)28(22)32/h10-15,17-18H,2-9H2,1H3. The van der Waals surface area contributed by atoms with Crippen LogP contribution in [0.25, 0.3) is 21.9 Å². The molecule has 5 heteroatoms. The molecule has 1 aliphatic rings. The molecule has 0 unspecified atom stereocenters. The van der Waals surface area contributed by atoms with E-state index in [0.717, 1.165) is 31.7 Å². The van der Waals surface area contributed by atoms with Gasteiger partial charge < -0.3 is 0 Å². The van der Waals surface area contributed by atoms with Crippen molar-refractivity contribution in [3.63, 3.8) is 0 Å². The number of benzene rings is 3. The minimum atomic E-state index is -0.999. The monoisotopic (exact) mass is 453 g/mol. The van der Waals surface area contributed by atoms with E-state index >= 15 is 8.78 Å². The topological polar surface area (TPSA) is 23.8 Å². The second-order valence-electron chi connectivity index (χ2n) is 9.17. The van der Waals surface area contributed by atoms with Crippen molar-refractivity contribution in [3.05, 3.63) is 70.8 Å². The summed E-state index contributed by atoms with van der Waals surface area (Å²) < 4.78 is 58.6. The molecule has 4 rings (SSSR count). The summed E-state index contributed by atoms with van der Waals surface area (Å²) in [6.45, 7) is 2.20. The molecule has 0 bridgehead atoms. The van der Waals surface area contributed by atoms with E-state index in [1.165, 1.54) is 62.1 Å². The van der Waals surface area contributed by atoms with Crippen LogP contribution in [0.15, 0.2) is 36.4 Å². The van der Waals surface area contributed by atoms with Crippen LogP contribution in [0.2, 0.25) is 0 Å². The second kappa shape index (κ2) is 9.95. The summed E-state index contributed by atoms with van der Waals surface area (Å²) in [5.41, 5.74) is 0.000569. The molecule has 1 fully saturated rings. The van der Waals surface area contributed by atoms with Crippen LogP contribution in [-0.2, 0) is 0 Å². The minimum absolute atomic E-state index is 0.0323. The van der Waals surface area contributed by atoms with Crippen molar-refractivity contribution in [2.45, 2.75) is 64.2 Å². The van der Waals surface area contributed by atoms with Crippen LogP contribution in [0.1, 0.15) is 75.3 Å². The molecule has 0 heterocycles. The van der Waals surface area contributed by atoms with Crippen molar-refractivity contribution >= 4 is 10.8 Å². The quantitative estimate of drug-likeness (QED) is 0.270. The van der Waals surface area contributed by atoms with Gasteiger partial charge in [-0.15, -0.1) is 0 Å². The van der Waals surface area contributed by atoms with Gasteiger partial charge in [-0.3, -0.25) is 0 Å². The van der Waals surface area contributed by atoms with Gasteiger partial charge in [-0.25, -0.2) is 17.6 Å². The number of hydrogen-bond donors (Lipinski definition) is 0. The van der Waals surface area contributed by atoms with Gasteiger partial charge in [-0.05, 0) is 78.3 Å². The molecule has 0 atom stereocenters. The van der Waals surface area contributed by atoms with Crippen molar-refractivity contribution in [1.29, 1.82) is 5.26 Å². The summed E-state index contributed by atoms with van der Waals surface area (Å²) >= 11 is 0. The van der Waals surface area contributed by atoms with Gasteiger partial charge in [-0.1, -0.05) is 44.7 Å². The lowest BCUT2D eigenvalue weighted by atomic mass is 9.76. The van der Waals surface area contributed by atoms with Gasteiger partial charge in [0.2, 0.25) is 0 Å². The van der Waals surface area contributed by atoms with E-state index < -0.39 is 28.8 Å². The van der Waals surface area contributed by atoms with Crippen LogP contribution < -0.4 is 0 Å². The predicted octanol–water partition coefficient (Wildman–Crippen LogP) is 8.79. The van der Waals surface area contributed by atoms with E-state index in [0.29, 0.717) is 11.5 Å². The summed E-state index contributed by atoms with van der Waals surface area (Å²) in [7, 11) is 0. The maximum atomic E-state index is 15.1. The highest BCUT2D eigenvalue weighted by Gasteiger charge is 2.25. The Kier molecular flexibility index (Phi) is 7.02. The normalized spacial score (nSPS) is 18.4. The SMILES string of the molecule is CCCCCC1CCC(c2cc(F)c(-c3ccc4c(F)c(C#N)c(F)cc4c3)c(F)c2)CC1. The van der Waals surface area contributed by atoms with E-state index in [2.05, 4.69) is 6.92 Å². The van der Waals surface area contributed by atoms with Crippen LogP contribution in [0.5, 0.6) is 0 Å². The Bertz CT molecular complexity index is 1180. The molecule has 0 aromatic heterocycles. The Morgan fingerprint density at radius 2 is 1.58 bits per heavy atom. The highest BCUT2D eigenvalue weighted by molar-refractivity contribution is 5.89. The molecule has 3 aromatic rings. The lowest BCUT2D eigenvalue weighted by Gasteiger charge is -2.29. The molecule has 0 amide bonds. The van der Waals surface area contributed by atoms with Crippen molar-refractivity contribution in [2.75, 3.05) is 0 Å². The fourth-order valence-electron chi connectivity index (χ4n) is 5.16. The Labute approximate surface area is 192 Å². The van der Waals surface area contributed by atoms with E-state index in [4.69, 9.17) is 5.26 Å². The van der Waals surface area contributed by atoms with Crippen LogP contribution >= 0.6 is 0 Å². The summed E-state index contributed by atoms with van der Waals surface area (Å²) in [5, 5.41) is 9.11. The zero-order valence-corrected chi connectivity index (χ0v) is 18.7. The fraction of sp³-hybridized carbons (Fsp3) is 0.393. The maximum Gasteiger partial charge on any atom is 0.151 e. The minimum Gasteiger partial charge on any atom is -0.206 e. The summed E-state index contributed by atoms with van der Waals surface area (Å²) in [6, 6.07) is 9.41. The largest absolute Gasteiger partial charge is 0.206 e. The number of unbranched alkanes of at least 4 members (excludes halogenated alkanes) is 2. The molecule has 0 N–H and O–H groups in total.